The molecule has 2 aromatic carbocycles. The van der Waals surface area contributed by atoms with E-state index in [0.717, 1.165) is 24.2 Å². The number of hydrogen-bond donors (Lipinski definition) is 0. The van der Waals surface area contributed by atoms with Gasteiger partial charge in [-0.15, -0.1) is 11.3 Å². The van der Waals surface area contributed by atoms with Crippen molar-refractivity contribution < 1.29 is 9.59 Å². The summed E-state index contributed by atoms with van der Waals surface area (Å²) < 4.78 is 0. The van der Waals surface area contributed by atoms with Crippen molar-refractivity contribution in [3.8, 4) is 11.1 Å². The second-order valence-corrected chi connectivity index (χ2v) is 9.25. The fourth-order valence-electron chi connectivity index (χ4n) is 4.29. The molecule has 5 rings (SSSR count). The van der Waals surface area contributed by atoms with Gasteiger partial charge in [-0.25, -0.2) is 4.98 Å². The molecule has 2 amide bonds. The number of carbonyl (C=O) groups excluding carboxylic acids is 2. The lowest BCUT2D eigenvalue weighted by Crippen LogP contribution is -2.64. The van der Waals surface area contributed by atoms with Crippen molar-refractivity contribution in [2.45, 2.75) is 6.04 Å². The summed E-state index contributed by atoms with van der Waals surface area (Å²) in [6, 6.07) is 16.0. The highest BCUT2D eigenvalue weighted by atomic mass is 35.5. The second-order valence-electron chi connectivity index (χ2n) is 8.13. The summed E-state index contributed by atoms with van der Waals surface area (Å²) in [5.41, 5.74) is 4.83. The van der Waals surface area contributed by atoms with Crippen LogP contribution in [-0.2, 0) is 0 Å². The van der Waals surface area contributed by atoms with E-state index in [1.165, 1.54) is 11.3 Å². The molecular weight excluding hydrogens is 444 g/mol. The number of halogens is 1. The van der Waals surface area contributed by atoms with Crippen LogP contribution in [0.3, 0.4) is 0 Å². The van der Waals surface area contributed by atoms with Gasteiger partial charge in [-0.2, -0.15) is 0 Å². The van der Waals surface area contributed by atoms with Gasteiger partial charge in [0, 0.05) is 50.7 Å². The summed E-state index contributed by atoms with van der Waals surface area (Å²) in [7, 11) is 0. The Hall–Kier alpha value is -2.74. The van der Waals surface area contributed by atoms with E-state index in [1.807, 2.05) is 58.3 Å². The van der Waals surface area contributed by atoms with Gasteiger partial charge in [-0.3, -0.25) is 14.5 Å². The fraction of sp³-hybridized carbons (Fsp3) is 0.292. The molecule has 6 nitrogen and oxygen atoms in total. The zero-order valence-electron chi connectivity index (χ0n) is 17.5. The minimum atomic E-state index is -0.0248. The Morgan fingerprint density at radius 3 is 2.31 bits per heavy atom. The van der Waals surface area contributed by atoms with E-state index in [2.05, 4.69) is 9.88 Å². The first-order valence-electron chi connectivity index (χ1n) is 10.7. The Morgan fingerprint density at radius 1 is 0.906 bits per heavy atom. The Bertz CT molecular complexity index is 1110. The molecule has 0 radical (unpaired) electrons. The smallest absolute Gasteiger partial charge is 0.273 e. The van der Waals surface area contributed by atoms with Gasteiger partial charge in [0.1, 0.15) is 5.69 Å². The number of piperazine rings is 1. The summed E-state index contributed by atoms with van der Waals surface area (Å²) in [5, 5.41) is 2.27. The van der Waals surface area contributed by atoms with Gasteiger partial charge >= 0.3 is 0 Å². The maximum Gasteiger partial charge on any atom is 0.273 e. The van der Waals surface area contributed by atoms with Crippen LogP contribution in [-0.4, -0.2) is 76.8 Å². The third kappa shape index (κ3) is 4.16. The Morgan fingerprint density at radius 2 is 1.66 bits per heavy atom. The molecule has 164 valence electrons. The first kappa shape index (κ1) is 21.1. The van der Waals surface area contributed by atoms with Crippen LogP contribution in [0, 0.1) is 0 Å². The third-order valence-corrected chi connectivity index (χ3v) is 7.12. The molecule has 2 fully saturated rings. The highest BCUT2D eigenvalue weighted by molar-refractivity contribution is 7.07. The van der Waals surface area contributed by atoms with Crippen LogP contribution in [0.1, 0.15) is 20.8 Å². The first-order chi connectivity index (χ1) is 15.6. The summed E-state index contributed by atoms with van der Waals surface area (Å²) in [5.74, 6) is -0.0203. The molecule has 0 bridgehead atoms. The standard InChI is InChI=1S/C24H23ClN4O2S/c25-21-12-18(17-4-2-1-3-5-17)6-7-20(21)23(30)29-13-19(14-29)27-8-10-28(11-9-27)24(31)22-15-32-16-26-22/h1-7,12,15-16,19H,8-11,13-14H2. The van der Waals surface area contributed by atoms with Crippen molar-refractivity contribution in [2.75, 3.05) is 39.3 Å². The van der Waals surface area contributed by atoms with E-state index in [-0.39, 0.29) is 11.8 Å². The van der Waals surface area contributed by atoms with E-state index in [4.69, 9.17) is 11.6 Å². The van der Waals surface area contributed by atoms with Gasteiger partial charge in [0.15, 0.2) is 0 Å². The number of benzene rings is 2. The molecule has 0 atom stereocenters. The van der Waals surface area contributed by atoms with Crippen molar-refractivity contribution in [3.63, 3.8) is 0 Å². The van der Waals surface area contributed by atoms with Crippen LogP contribution in [0.15, 0.2) is 59.4 Å². The minimum Gasteiger partial charge on any atom is -0.335 e. The number of nitrogens with zero attached hydrogens (tertiary/aromatic N) is 4. The quantitative estimate of drug-likeness (QED) is 0.587. The topological polar surface area (TPSA) is 56.8 Å². The van der Waals surface area contributed by atoms with Gasteiger partial charge in [-0.1, -0.05) is 48.0 Å². The van der Waals surface area contributed by atoms with Crippen molar-refractivity contribution in [1.29, 1.82) is 0 Å². The summed E-state index contributed by atoms with van der Waals surface area (Å²) in [4.78, 5) is 35.6. The van der Waals surface area contributed by atoms with Crippen LogP contribution < -0.4 is 0 Å². The van der Waals surface area contributed by atoms with E-state index >= 15 is 0 Å². The van der Waals surface area contributed by atoms with Crippen LogP contribution >= 0.6 is 22.9 Å². The molecule has 3 aromatic rings. The van der Waals surface area contributed by atoms with Gasteiger partial charge in [0.2, 0.25) is 0 Å². The molecule has 1 aromatic heterocycles. The molecule has 0 aliphatic carbocycles. The van der Waals surface area contributed by atoms with Crippen molar-refractivity contribution in [1.82, 2.24) is 19.7 Å². The maximum atomic E-state index is 13.0. The van der Waals surface area contributed by atoms with Crippen LogP contribution in [0.4, 0.5) is 0 Å². The van der Waals surface area contributed by atoms with Gasteiger partial charge < -0.3 is 9.80 Å². The Kier molecular flexibility index (Phi) is 5.95. The molecule has 0 spiro atoms. The van der Waals surface area contributed by atoms with E-state index in [1.54, 1.807) is 10.9 Å². The molecule has 2 aliphatic heterocycles. The number of carbonyl (C=O) groups is 2. The average Bonchev–Trinajstić information content (AvgIpc) is 3.33. The van der Waals surface area contributed by atoms with Crippen LogP contribution in [0.25, 0.3) is 11.1 Å². The number of likely N-dealkylation sites (tertiary alicyclic amines) is 1. The molecule has 0 unspecified atom stereocenters. The molecular formula is C24H23ClN4O2S. The normalized spacial score (nSPS) is 17.3. The highest BCUT2D eigenvalue weighted by Crippen LogP contribution is 2.28. The van der Waals surface area contributed by atoms with Gasteiger partial charge in [0.25, 0.3) is 11.8 Å². The maximum absolute atomic E-state index is 13.0. The highest BCUT2D eigenvalue weighted by Gasteiger charge is 2.37. The van der Waals surface area contributed by atoms with Crippen LogP contribution in [0.2, 0.25) is 5.02 Å². The van der Waals surface area contributed by atoms with Gasteiger partial charge in [0.05, 0.1) is 16.1 Å². The molecule has 3 heterocycles. The zero-order chi connectivity index (χ0) is 22.1. The summed E-state index contributed by atoms with van der Waals surface area (Å²) in [6.45, 7) is 4.39. The molecule has 2 aliphatic rings. The lowest BCUT2D eigenvalue weighted by molar-refractivity contribution is 0.00845. The van der Waals surface area contributed by atoms with Crippen molar-refractivity contribution in [3.05, 3.63) is 75.7 Å². The Balaban J connectivity index is 1.15. The van der Waals surface area contributed by atoms with Crippen molar-refractivity contribution >= 4 is 34.8 Å². The number of hydrogen-bond acceptors (Lipinski definition) is 5. The molecule has 32 heavy (non-hydrogen) atoms. The SMILES string of the molecule is O=C(c1cscn1)N1CCN(C2CN(C(=O)c3ccc(-c4ccccc4)cc3Cl)C2)CC1. The number of thiazole rings is 1. The summed E-state index contributed by atoms with van der Waals surface area (Å²) >= 11 is 7.91. The predicted molar refractivity (Wildman–Crippen MR) is 126 cm³/mol. The zero-order valence-corrected chi connectivity index (χ0v) is 19.1. The Labute approximate surface area is 196 Å². The second kappa shape index (κ2) is 9.02. The number of amides is 2. The molecule has 2 saturated heterocycles. The molecule has 8 heteroatoms. The number of aromatic nitrogens is 1. The molecule has 0 saturated carbocycles. The van der Waals surface area contributed by atoms with Crippen molar-refractivity contribution in [2.24, 2.45) is 0 Å². The lowest BCUT2D eigenvalue weighted by atomic mass is 10.0. The summed E-state index contributed by atoms with van der Waals surface area (Å²) in [6.07, 6.45) is 0. The fourth-order valence-corrected chi connectivity index (χ4v) is 5.08. The number of rotatable bonds is 4. The molecule has 0 N–H and O–H groups in total. The lowest BCUT2D eigenvalue weighted by Gasteiger charge is -2.48. The first-order valence-corrected chi connectivity index (χ1v) is 12.0. The van der Waals surface area contributed by atoms with E-state index < -0.39 is 0 Å². The predicted octanol–water partition coefficient (Wildman–Crippen LogP) is 3.75. The largest absolute Gasteiger partial charge is 0.335 e. The average molecular weight is 467 g/mol. The monoisotopic (exact) mass is 466 g/mol. The van der Waals surface area contributed by atoms with Gasteiger partial charge in [-0.05, 0) is 23.3 Å². The van der Waals surface area contributed by atoms with Crippen LogP contribution in [0.5, 0.6) is 0 Å². The van der Waals surface area contributed by atoms with E-state index in [0.29, 0.717) is 48.5 Å². The minimum absolute atomic E-state index is 0.00454. The third-order valence-electron chi connectivity index (χ3n) is 6.23. The van der Waals surface area contributed by atoms with E-state index in [9.17, 15) is 9.59 Å².